The van der Waals surface area contributed by atoms with Crippen LogP contribution in [0.25, 0.3) is 5.65 Å². The van der Waals surface area contributed by atoms with Crippen molar-refractivity contribution in [2.75, 3.05) is 50.7 Å². The zero-order chi connectivity index (χ0) is 15.0. The molecular formula is C15H24ClN7. The molecule has 2 aromatic heterocycles. The predicted molar refractivity (Wildman–Crippen MR) is 92.3 cm³/mol. The monoisotopic (exact) mass is 337 g/mol. The number of fused-ring (bicyclic) bond motifs is 1. The molecule has 1 N–H and O–H groups in total. The minimum atomic E-state index is 0. The summed E-state index contributed by atoms with van der Waals surface area (Å²) in [5.74, 6) is 1.01. The summed E-state index contributed by atoms with van der Waals surface area (Å²) in [7, 11) is 0. The van der Waals surface area contributed by atoms with Gasteiger partial charge in [-0.15, -0.1) is 27.7 Å². The Kier molecular flexibility index (Phi) is 4.70. The quantitative estimate of drug-likeness (QED) is 0.888. The third-order valence-corrected chi connectivity index (χ3v) is 4.91. The standard InChI is InChI=1S/C15H23N7.ClH/c1-15(4-5-16-10-15)11-20-6-8-21(9-7-20)14-3-2-13-18-17-12-22(13)19-14;/h2-3,12,16H,4-11H2,1H3;1H. The van der Waals surface area contributed by atoms with Gasteiger partial charge in [-0.3, -0.25) is 4.90 Å². The van der Waals surface area contributed by atoms with E-state index >= 15 is 0 Å². The Hall–Kier alpha value is -1.44. The highest BCUT2D eigenvalue weighted by molar-refractivity contribution is 5.85. The predicted octanol–water partition coefficient (Wildman–Crippen LogP) is 0.668. The average molecular weight is 338 g/mol. The maximum absolute atomic E-state index is 4.59. The average Bonchev–Trinajstić information content (AvgIpc) is 3.16. The highest BCUT2D eigenvalue weighted by atomic mass is 35.5. The van der Waals surface area contributed by atoms with Crippen molar-refractivity contribution in [3.8, 4) is 0 Å². The fourth-order valence-corrected chi connectivity index (χ4v) is 3.57. The van der Waals surface area contributed by atoms with Crippen LogP contribution in [0.4, 0.5) is 5.82 Å². The third kappa shape index (κ3) is 3.41. The number of hydrogen-bond acceptors (Lipinski definition) is 6. The van der Waals surface area contributed by atoms with E-state index in [-0.39, 0.29) is 12.4 Å². The van der Waals surface area contributed by atoms with Crippen molar-refractivity contribution in [3.63, 3.8) is 0 Å². The Labute approximate surface area is 142 Å². The molecule has 4 heterocycles. The molecule has 0 aliphatic carbocycles. The molecule has 2 aromatic rings. The summed E-state index contributed by atoms with van der Waals surface area (Å²) in [5, 5.41) is 16.0. The second-order valence-electron chi connectivity index (χ2n) is 6.83. The fourth-order valence-electron chi connectivity index (χ4n) is 3.57. The van der Waals surface area contributed by atoms with Crippen LogP contribution in [0.1, 0.15) is 13.3 Å². The highest BCUT2D eigenvalue weighted by Crippen LogP contribution is 2.26. The van der Waals surface area contributed by atoms with Gasteiger partial charge in [0.25, 0.3) is 0 Å². The first-order chi connectivity index (χ1) is 10.7. The minimum absolute atomic E-state index is 0. The number of halogens is 1. The zero-order valence-corrected chi connectivity index (χ0v) is 14.3. The topological polar surface area (TPSA) is 61.6 Å². The Morgan fingerprint density at radius 3 is 2.78 bits per heavy atom. The third-order valence-electron chi connectivity index (χ3n) is 4.91. The number of nitrogens with one attached hydrogen (secondary N) is 1. The first-order valence-electron chi connectivity index (χ1n) is 8.07. The van der Waals surface area contributed by atoms with E-state index in [1.54, 1.807) is 10.8 Å². The summed E-state index contributed by atoms with van der Waals surface area (Å²) in [6, 6.07) is 4.02. The Morgan fingerprint density at radius 2 is 2.04 bits per heavy atom. The van der Waals surface area contributed by atoms with Gasteiger partial charge < -0.3 is 10.2 Å². The summed E-state index contributed by atoms with van der Waals surface area (Å²) in [5.41, 5.74) is 1.24. The van der Waals surface area contributed by atoms with Crippen LogP contribution in [0.15, 0.2) is 18.5 Å². The van der Waals surface area contributed by atoms with Crippen LogP contribution < -0.4 is 10.2 Å². The number of piperazine rings is 1. The molecule has 1 atom stereocenters. The molecule has 8 heteroatoms. The molecule has 0 bridgehead atoms. The summed E-state index contributed by atoms with van der Waals surface area (Å²) in [4.78, 5) is 4.95. The number of hydrogen-bond donors (Lipinski definition) is 1. The van der Waals surface area contributed by atoms with Crippen LogP contribution >= 0.6 is 12.4 Å². The van der Waals surface area contributed by atoms with E-state index in [1.807, 2.05) is 12.1 Å². The van der Waals surface area contributed by atoms with Crippen molar-refractivity contribution < 1.29 is 0 Å². The van der Waals surface area contributed by atoms with Crippen LogP contribution in [0, 0.1) is 5.41 Å². The normalized spacial score (nSPS) is 25.7. The van der Waals surface area contributed by atoms with Gasteiger partial charge in [0.1, 0.15) is 12.1 Å². The van der Waals surface area contributed by atoms with Crippen LogP contribution in [-0.2, 0) is 0 Å². The molecule has 1 unspecified atom stereocenters. The molecule has 2 fully saturated rings. The van der Waals surface area contributed by atoms with E-state index in [9.17, 15) is 0 Å². The van der Waals surface area contributed by atoms with Gasteiger partial charge in [0.05, 0.1) is 0 Å². The summed E-state index contributed by atoms with van der Waals surface area (Å²) in [6.07, 6.45) is 2.95. The maximum atomic E-state index is 4.59. The van der Waals surface area contributed by atoms with E-state index in [2.05, 4.69) is 37.3 Å². The molecule has 0 aromatic carbocycles. The lowest BCUT2D eigenvalue weighted by Gasteiger charge is -2.39. The lowest BCUT2D eigenvalue weighted by Crippen LogP contribution is -2.50. The van der Waals surface area contributed by atoms with E-state index in [0.29, 0.717) is 5.41 Å². The highest BCUT2D eigenvalue weighted by Gasteiger charge is 2.31. The first-order valence-corrected chi connectivity index (χ1v) is 8.07. The molecule has 0 saturated carbocycles. The minimum Gasteiger partial charge on any atom is -0.353 e. The van der Waals surface area contributed by atoms with Crippen LogP contribution in [-0.4, -0.2) is 70.5 Å². The van der Waals surface area contributed by atoms with Gasteiger partial charge in [0.15, 0.2) is 5.65 Å². The van der Waals surface area contributed by atoms with Crippen molar-refractivity contribution in [2.45, 2.75) is 13.3 Å². The largest absolute Gasteiger partial charge is 0.353 e. The van der Waals surface area contributed by atoms with E-state index in [1.165, 1.54) is 19.5 Å². The van der Waals surface area contributed by atoms with Crippen molar-refractivity contribution in [2.24, 2.45) is 5.41 Å². The lowest BCUT2D eigenvalue weighted by atomic mass is 9.89. The SMILES string of the molecule is CC1(CN2CCN(c3ccc4nncn4n3)CC2)CCNC1.Cl. The van der Waals surface area contributed by atoms with Crippen molar-refractivity contribution in [1.82, 2.24) is 30.0 Å². The zero-order valence-electron chi connectivity index (χ0n) is 13.5. The molecule has 2 aliphatic rings. The van der Waals surface area contributed by atoms with Crippen molar-refractivity contribution in [3.05, 3.63) is 18.5 Å². The van der Waals surface area contributed by atoms with E-state index in [0.717, 1.165) is 44.2 Å². The van der Waals surface area contributed by atoms with Gasteiger partial charge in [0.2, 0.25) is 0 Å². The molecule has 2 aliphatic heterocycles. The fraction of sp³-hybridized carbons (Fsp3) is 0.667. The summed E-state index contributed by atoms with van der Waals surface area (Å²) in [6.45, 7) is 10.2. The number of anilines is 1. The molecule has 0 amide bonds. The summed E-state index contributed by atoms with van der Waals surface area (Å²) >= 11 is 0. The van der Waals surface area contributed by atoms with Gasteiger partial charge in [-0.1, -0.05) is 6.92 Å². The van der Waals surface area contributed by atoms with Crippen LogP contribution in [0.3, 0.4) is 0 Å². The van der Waals surface area contributed by atoms with Crippen molar-refractivity contribution in [1.29, 1.82) is 0 Å². The Balaban J connectivity index is 0.00000156. The van der Waals surface area contributed by atoms with Gasteiger partial charge in [-0.2, -0.15) is 4.52 Å². The van der Waals surface area contributed by atoms with Gasteiger partial charge in [-0.05, 0) is 30.5 Å². The molecule has 23 heavy (non-hydrogen) atoms. The van der Waals surface area contributed by atoms with E-state index < -0.39 is 0 Å². The smallest absolute Gasteiger partial charge is 0.177 e. The van der Waals surface area contributed by atoms with Gasteiger partial charge in [-0.25, -0.2) is 0 Å². The molecular weight excluding hydrogens is 314 g/mol. The molecule has 2 saturated heterocycles. The second-order valence-corrected chi connectivity index (χ2v) is 6.83. The number of rotatable bonds is 3. The molecule has 0 radical (unpaired) electrons. The van der Waals surface area contributed by atoms with Crippen LogP contribution in [0.5, 0.6) is 0 Å². The Bertz CT molecular complexity index is 644. The second kappa shape index (κ2) is 6.59. The molecule has 4 rings (SSSR count). The number of nitrogens with zero attached hydrogens (tertiary/aromatic N) is 6. The maximum Gasteiger partial charge on any atom is 0.177 e. The van der Waals surface area contributed by atoms with Crippen LogP contribution in [0.2, 0.25) is 0 Å². The summed E-state index contributed by atoms with van der Waals surface area (Å²) < 4.78 is 1.74. The Morgan fingerprint density at radius 1 is 1.22 bits per heavy atom. The molecule has 126 valence electrons. The number of aromatic nitrogens is 4. The van der Waals surface area contributed by atoms with Gasteiger partial charge >= 0.3 is 0 Å². The van der Waals surface area contributed by atoms with Crippen molar-refractivity contribution >= 4 is 23.9 Å². The van der Waals surface area contributed by atoms with E-state index in [4.69, 9.17) is 0 Å². The van der Waals surface area contributed by atoms with Gasteiger partial charge in [0, 0.05) is 39.3 Å². The molecule has 7 nitrogen and oxygen atoms in total. The lowest BCUT2D eigenvalue weighted by molar-refractivity contribution is 0.169. The first kappa shape index (κ1) is 16.4. The molecule has 0 spiro atoms.